The summed E-state index contributed by atoms with van der Waals surface area (Å²) in [4.78, 5) is 13.3. The molecule has 20 heavy (non-hydrogen) atoms. The monoisotopic (exact) mass is 304 g/mol. The fraction of sp³-hybridized carbons (Fsp3) is 0.333. The Balaban J connectivity index is 3.50. The van der Waals surface area contributed by atoms with E-state index in [9.17, 15) is 31.1 Å². The summed E-state index contributed by atoms with van der Waals surface area (Å²) in [5, 5.41) is 8.63. The fourth-order valence-electron chi connectivity index (χ4n) is 1.26. The Kier molecular flexibility index (Phi) is 4.12. The van der Waals surface area contributed by atoms with Crippen molar-refractivity contribution in [1.82, 2.24) is 4.98 Å². The highest BCUT2D eigenvalue weighted by molar-refractivity contribution is 5.89. The minimum absolute atomic E-state index is 0.346. The molecule has 0 radical (unpaired) electrons. The zero-order valence-electron chi connectivity index (χ0n) is 9.34. The second-order valence-electron chi connectivity index (χ2n) is 3.40. The van der Waals surface area contributed by atoms with E-state index in [1.165, 1.54) is 0 Å². The van der Waals surface area contributed by atoms with E-state index >= 15 is 0 Å². The normalized spacial score (nSPS) is 12.3. The minimum atomic E-state index is -5.29. The summed E-state index contributed by atoms with van der Waals surface area (Å²) < 4.78 is 77.1. The van der Waals surface area contributed by atoms with Crippen LogP contribution in [0.15, 0.2) is 6.07 Å². The van der Waals surface area contributed by atoms with Crippen molar-refractivity contribution >= 4 is 5.97 Å². The van der Waals surface area contributed by atoms with Crippen LogP contribution in [0.2, 0.25) is 0 Å². The van der Waals surface area contributed by atoms with Crippen LogP contribution in [0.1, 0.15) is 21.6 Å². The highest BCUT2D eigenvalue weighted by Gasteiger charge is 2.40. The standard InChI is InChI=1S/C9H6F6N2O3/c10-8(11,12)5-4(7(18)19)1-3(2-16)6(17-5)20-9(13,14)15/h1H,2,16H2,(H,18,19). The van der Waals surface area contributed by atoms with Crippen LogP contribution in [0.5, 0.6) is 5.88 Å². The molecule has 1 heterocycles. The molecule has 0 saturated heterocycles. The van der Waals surface area contributed by atoms with E-state index < -0.39 is 47.8 Å². The summed E-state index contributed by atoms with van der Waals surface area (Å²) in [6.45, 7) is -0.684. The highest BCUT2D eigenvalue weighted by atomic mass is 19.4. The fourth-order valence-corrected chi connectivity index (χ4v) is 1.26. The number of nitrogens with zero attached hydrogens (tertiary/aromatic N) is 1. The number of nitrogens with two attached hydrogens (primary N) is 1. The van der Waals surface area contributed by atoms with Crippen molar-refractivity contribution in [2.24, 2.45) is 5.73 Å². The molecule has 3 N–H and O–H groups in total. The largest absolute Gasteiger partial charge is 0.574 e. The van der Waals surface area contributed by atoms with Gasteiger partial charge in [-0.1, -0.05) is 0 Å². The quantitative estimate of drug-likeness (QED) is 0.836. The van der Waals surface area contributed by atoms with E-state index in [2.05, 4.69) is 9.72 Å². The molecular weight excluding hydrogens is 298 g/mol. The van der Waals surface area contributed by atoms with E-state index in [-0.39, 0.29) is 0 Å². The number of rotatable bonds is 3. The summed E-state index contributed by atoms with van der Waals surface area (Å²) in [5.74, 6) is -3.43. The molecule has 0 bridgehead atoms. The molecule has 5 nitrogen and oxygen atoms in total. The van der Waals surface area contributed by atoms with Crippen LogP contribution >= 0.6 is 0 Å². The van der Waals surface area contributed by atoms with Crippen molar-refractivity contribution in [1.29, 1.82) is 0 Å². The molecule has 0 aliphatic carbocycles. The van der Waals surface area contributed by atoms with Gasteiger partial charge in [-0.05, 0) is 6.07 Å². The van der Waals surface area contributed by atoms with Crippen LogP contribution < -0.4 is 10.5 Å². The van der Waals surface area contributed by atoms with Gasteiger partial charge in [-0.3, -0.25) is 0 Å². The number of halogens is 6. The number of ether oxygens (including phenoxy) is 1. The Morgan fingerprint density at radius 1 is 1.30 bits per heavy atom. The maximum Gasteiger partial charge on any atom is 0.574 e. The Hall–Kier alpha value is -2.04. The number of hydrogen-bond donors (Lipinski definition) is 2. The summed E-state index contributed by atoms with van der Waals surface area (Å²) in [6.07, 6.45) is -10.5. The van der Waals surface area contributed by atoms with Crippen LogP contribution in [0.25, 0.3) is 0 Å². The number of carboxylic acids is 1. The number of aromatic carboxylic acids is 1. The van der Waals surface area contributed by atoms with Crippen molar-refractivity contribution in [3.8, 4) is 5.88 Å². The Labute approximate surface area is 107 Å². The van der Waals surface area contributed by atoms with Gasteiger partial charge in [0.15, 0.2) is 5.69 Å². The number of aromatic nitrogens is 1. The second-order valence-corrected chi connectivity index (χ2v) is 3.40. The van der Waals surface area contributed by atoms with Gasteiger partial charge in [-0.25, -0.2) is 9.78 Å². The van der Waals surface area contributed by atoms with Gasteiger partial charge in [-0.15, -0.1) is 13.2 Å². The van der Waals surface area contributed by atoms with Gasteiger partial charge in [0.25, 0.3) is 0 Å². The third-order valence-electron chi connectivity index (χ3n) is 1.99. The predicted octanol–water partition coefficient (Wildman–Crippen LogP) is 2.16. The van der Waals surface area contributed by atoms with E-state index in [1.807, 2.05) is 0 Å². The van der Waals surface area contributed by atoms with Gasteiger partial charge in [0, 0.05) is 12.1 Å². The molecular formula is C9H6F6N2O3. The van der Waals surface area contributed by atoms with Gasteiger partial charge in [0.2, 0.25) is 5.88 Å². The van der Waals surface area contributed by atoms with Gasteiger partial charge < -0.3 is 15.6 Å². The molecule has 11 heteroatoms. The van der Waals surface area contributed by atoms with Crippen LogP contribution in [0, 0.1) is 0 Å². The number of hydrogen-bond acceptors (Lipinski definition) is 4. The number of carboxylic acid groups (broad SMARTS) is 1. The maximum absolute atomic E-state index is 12.6. The molecule has 0 aliphatic rings. The first-order valence-corrected chi connectivity index (χ1v) is 4.76. The summed E-state index contributed by atoms with van der Waals surface area (Å²) in [5.41, 5.74) is 1.11. The van der Waals surface area contributed by atoms with Crippen molar-refractivity contribution in [2.75, 3.05) is 0 Å². The molecule has 0 aliphatic heterocycles. The smallest absolute Gasteiger partial charge is 0.478 e. The Bertz CT molecular complexity index is 526. The molecule has 0 amide bonds. The van der Waals surface area contributed by atoms with Crippen molar-refractivity contribution in [3.05, 3.63) is 22.9 Å². The zero-order valence-corrected chi connectivity index (χ0v) is 9.34. The third-order valence-corrected chi connectivity index (χ3v) is 1.99. The first-order chi connectivity index (χ1) is 8.95. The molecule has 0 aromatic carbocycles. The lowest BCUT2D eigenvalue weighted by atomic mass is 10.1. The van der Waals surface area contributed by atoms with Crippen LogP contribution in [-0.4, -0.2) is 22.4 Å². The van der Waals surface area contributed by atoms with Crippen molar-refractivity contribution in [3.63, 3.8) is 0 Å². The summed E-state index contributed by atoms with van der Waals surface area (Å²) >= 11 is 0. The Morgan fingerprint density at radius 3 is 2.20 bits per heavy atom. The summed E-state index contributed by atoms with van der Waals surface area (Å²) in [7, 11) is 0. The molecule has 0 unspecified atom stereocenters. The lowest BCUT2D eigenvalue weighted by Gasteiger charge is -2.15. The average Bonchev–Trinajstić information content (AvgIpc) is 2.24. The molecule has 0 spiro atoms. The maximum atomic E-state index is 12.6. The first-order valence-electron chi connectivity index (χ1n) is 4.76. The van der Waals surface area contributed by atoms with Gasteiger partial charge in [0.1, 0.15) is 0 Å². The predicted molar refractivity (Wildman–Crippen MR) is 50.8 cm³/mol. The molecule has 0 saturated carbocycles. The van der Waals surface area contributed by atoms with E-state index in [1.54, 1.807) is 0 Å². The lowest BCUT2D eigenvalue weighted by Crippen LogP contribution is -2.23. The summed E-state index contributed by atoms with van der Waals surface area (Å²) in [6, 6.07) is 0.346. The van der Waals surface area contributed by atoms with E-state index in [0.717, 1.165) is 0 Å². The Morgan fingerprint density at radius 2 is 1.85 bits per heavy atom. The zero-order chi connectivity index (χ0) is 15.7. The third kappa shape index (κ3) is 3.73. The van der Waals surface area contributed by atoms with Gasteiger partial charge in [0.05, 0.1) is 5.56 Å². The molecule has 0 atom stereocenters. The SMILES string of the molecule is NCc1cc(C(=O)O)c(C(F)(F)F)nc1OC(F)(F)F. The topological polar surface area (TPSA) is 85.4 Å². The minimum Gasteiger partial charge on any atom is -0.478 e. The van der Waals surface area contributed by atoms with E-state index in [0.29, 0.717) is 6.07 Å². The number of carbonyl (C=O) groups is 1. The molecule has 1 aromatic rings. The number of alkyl halides is 6. The average molecular weight is 304 g/mol. The first kappa shape index (κ1) is 16.0. The molecule has 0 fully saturated rings. The molecule has 1 aromatic heterocycles. The van der Waals surface area contributed by atoms with Crippen LogP contribution in [-0.2, 0) is 12.7 Å². The molecule has 1 rings (SSSR count). The van der Waals surface area contributed by atoms with Crippen LogP contribution in [0.4, 0.5) is 26.3 Å². The molecule has 112 valence electrons. The van der Waals surface area contributed by atoms with Gasteiger partial charge >= 0.3 is 18.5 Å². The lowest BCUT2D eigenvalue weighted by molar-refractivity contribution is -0.276. The highest BCUT2D eigenvalue weighted by Crippen LogP contribution is 2.34. The van der Waals surface area contributed by atoms with Gasteiger partial charge in [-0.2, -0.15) is 13.2 Å². The second kappa shape index (κ2) is 5.15. The van der Waals surface area contributed by atoms with Crippen molar-refractivity contribution in [2.45, 2.75) is 19.1 Å². The van der Waals surface area contributed by atoms with Crippen LogP contribution in [0.3, 0.4) is 0 Å². The number of pyridine rings is 1. The van der Waals surface area contributed by atoms with Crippen molar-refractivity contribution < 1.29 is 41.0 Å². The van der Waals surface area contributed by atoms with E-state index in [4.69, 9.17) is 10.8 Å².